The van der Waals surface area contributed by atoms with Crippen LogP contribution in [0.1, 0.15) is 32.1 Å². The van der Waals surface area contributed by atoms with Gasteiger partial charge in [0.1, 0.15) is 17.5 Å². The fourth-order valence-electron chi connectivity index (χ4n) is 4.18. The van der Waals surface area contributed by atoms with Gasteiger partial charge in [-0.2, -0.15) is 5.10 Å². The predicted octanol–water partition coefficient (Wildman–Crippen LogP) is 1.87. The van der Waals surface area contributed by atoms with E-state index < -0.39 is 5.60 Å². The Morgan fingerprint density at radius 3 is 2.58 bits per heavy atom. The Morgan fingerprint density at radius 2 is 1.90 bits per heavy atom. The van der Waals surface area contributed by atoms with Gasteiger partial charge in [-0.1, -0.05) is 0 Å². The van der Waals surface area contributed by atoms with Crippen LogP contribution in [0.15, 0.2) is 41.6 Å². The predicted molar refractivity (Wildman–Crippen MR) is 111 cm³/mol. The van der Waals surface area contributed by atoms with Gasteiger partial charge in [0.2, 0.25) is 5.91 Å². The maximum absolute atomic E-state index is 13.2. The Labute approximate surface area is 177 Å². The molecule has 1 aromatic carbocycles. The van der Waals surface area contributed by atoms with Crippen LogP contribution in [-0.4, -0.2) is 53.9 Å². The third-order valence-corrected chi connectivity index (χ3v) is 6.30. The molecule has 0 unspecified atom stereocenters. The molecule has 3 heterocycles. The summed E-state index contributed by atoms with van der Waals surface area (Å²) >= 11 is 0. The number of carbonyl (C=O) groups excluding carboxylic acids is 1. The summed E-state index contributed by atoms with van der Waals surface area (Å²) in [4.78, 5) is 31.5. The molecule has 1 amide bonds. The Morgan fingerprint density at radius 1 is 1.19 bits per heavy atom. The van der Waals surface area contributed by atoms with Crippen LogP contribution in [0, 0.1) is 11.7 Å². The average molecular weight is 425 g/mol. The zero-order chi connectivity index (χ0) is 21.6. The number of amides is 1. The molecule has 9 heteroatoms. The number of carbonyl (C=O) groups is 1. The Balaban J connectivity index is 1.32. The molecular weight excluding hydrogens is 401 g/mol. The SMILES string of the molecule is O=C(CC1CC1)N1CCC(O)(Cn2cnc3c(cnn3-c3ccc(F)cc3)c2=O)CC1. The lowest BCUT2D eigenvalue weighted by molar-refractivity contribution is -0.136. The van der Waals surface area contributed by atoms with Crippen molar-refractivity contribution in [3.05, 3.63) is 53.0 Å². The van der Waals surface area contributed by atoms with Gasteiger partial charge in [0.25, 0.3) is 5.56 Å². The van der Waals surface area contributed by atoms with Crippen molar-refractivity contribution in [1.29, 1.82) is 0 Å². The fourth-order valence-corrected chi connectivity index (χ4v) is 4.18. The minimum Gasteiger partial charge on any atom is -0.388 e. The average Bonchev–Trinajstić information content (AvgIpc) is 3.46. The van der Waals surface area contributed by atoms with E-state index in [4.69, 9.17) is 0 Å². The van der Waals surface area contributed by atoms with Gasteiger partial charge in [-0.25, -0.2) is 14.1 Å². The molecule has 0 bridgehead atoms. The number of halogens is 1. The van der Waals surface area contributed by atoms with Crippen molar-refractivity contribution in [3.63, 3.8) is 0 Å². The second-order valence-electron chi connectivity index (χ2n) is 8.70. The molecule has 8 nitrogen and oxygen atoms in total. The number of likely N-dealkylation sites (tertiary alicyclic amines) is 1. The van der Waals surface area contributed by atoms with Gasteiger partial charge >= 0.3 is 0 Å². The van der Waals surface area contributed by atoms with Crippen molar-refractivity contribution in [3.8, 4) is 5.69 Å². The van der Waals surface area contributed by atoms with Gasteiger partial charge in [0, 0.05) is 19.5 Å². The molecule has 2 fully saturated rings. The van der Waals surface area contributed by atoms with Crippen LogP contribution in [0.2, 0.25) is 0 Å². The summed E-state index contributed by atoms with van der Waals surface area (Å²) in [5.74, 6) is 0.350. The maximum Gasteiger partial charge on any atom is 0.264 e. The van der Waals surface area contributed by atoms with Crippen molar-refractivity contribution in [2.45, 2.75) is 44.2 Å². The normalized spacial score (nSPS) is 18.5. The molecule has 2 aliphatic rings. The Kier molecular flexibility index (Phi) is 4.85. The van der Waals surface area contributed by atoms with Gasteiger partial charge in [-0.15, -0.1) is 0 Å². The summed E-state index contributed by atoms with van der Waals surface area (Å²) in [6.45, 7) is 1.10. The summed E-state index contributed by atoms with van der Waals surface area (Å²) in [7, 11) is 0. The molecule has 3 aromatic rings. The van der Waals surface area contributed by atoms with Crippen molar-refractivity contribution >= 4 is 16.9 Å². The first-order chi connectivity index (χ1) is 14.9. The van der Waals surface area contributed by atoms with Crippen molar-refractivity contribution in [2.24, 2.45) is 5.92 Å². The molecule has 1 aliphatic heterocycles. The molecular formula is C22H24FN5O3. The molecule has 0 radical (unpaired) electrons. The van der Waals surface area contributed by atoms with Crippen LogP contribution in [0.5, 0.6) is 0 Å². The van der Waals surface area contributed by atoms with E-state index in [0.717, 1.165) is 12.8 Å². The topological polar surface area (TPSA) is 93.2 Å². The highest BCUT2D eigenvalue weighted by Crippen LogP contribution is 2.34. The molecule has 1 saturated heterocycles. The van der Waals surface area contributed by atoms with Gasteiger partial charge < -0.3 is 10.0 Å². The van der Waals surface area contributed by atoms with Crippen LogP contribution >= 0.6 is 0 Å². The number of hydrogen-bond donors (Lipinski definition) is 1. The number of nitrogens with zero attached hydrogens (tertiary/aromatic N) is 5. The van der Waals surface area contributed by atoms with E-state index in [1.54, 1.807) is 12.1 Å². The first kappa shape index (κ1) is 19.9. The van der Waals surface area contributed by atoms with E-state index in [0.29, 0.717) is 55.0 Å². The monoisotopic (exact) mass is 425 g/mol. The highest BCUT2D eigenvalue weighted by Gasteiger charge is 2.36. The number of rotatable bonds is 5. The number of piperidine rings is 1. The molecule has 0 atom stereocenters. The van der Waals surface area contributed by atoms with E-state index in [1.165, 1.54) is 33.9 Å². The summed E-state index contributed by atoms with van der Waals surface area (Å²) in [5.41, 5.74) is -0.384. The molecule has 31 heavy (non-hydrogen) atoms. The van der Waals surface area contributed by atoms with E-state index in [9.17, 15) is 19.1 Å². The largest absolute Gasteiger partial charge is 0.388 e. The molecule has 162 valence electrons. The van der Waals surface area contributed by atoms with Crippen molar-refractivity contribution in [1.82, 2.24) is 24.2 Å². The lowest BCUT2D eigenvalue weighted by atomic mass is 9.91. The number of hydrogen-bond acceptors (Lipinski definition) is 5. The van der Waals surface area contributed by atoms with Crippen molar-refractivity contribution in [2.75, 3.05) is 13.1 Å². The summed E-state index contributed by atoms with van der Waals surface area (Å²) < 4.78 is 16.1. The van der Waals surface area contributed by atoms with Gasteiger partial charge in [0.15, 0.2) is 5.65 Å². The Bertz CT molecular complexity index is 1170. The first-order valence-corrected chi connectivity index (χ1v) is 10.6. The number of fused-ring (bicyclic) bond motifs is 1. The third kappa shape index (κ3) is 3.97. The number of benzene rings is 1. The van der Waals surface area contributed by atoms with Crippen LogP contribution in [-0.2, 0) is 11.3 Å². The minimum atomic E-state index is -1.07. The zero-order valence-corrected chi connectivity index (χ0v) is 17.1. The smallest absolute Gasteiger partial charge is 0.264 e. The van der Waals surface area contributed by atoms with Crippen LogP contribution in [0.25, 0.3) is 16.7 Å². The second-order valence-corrected chi connectivity index (χ2v) is 8.70. The van der Waals surface area contributed by atoms with Crippen LogP contribution in [0.4, 0.5) is 4.39 Å². The lowest BCUT2D eigenvalue weighted by Gasteiger charge is -2.38. The fraction of sp³-hybridized carbons (Fsp3) is 0.455. The highest BCUT2D eigenvalue weighted by atomic mass is 19.1. The lowest BCUT2D eigenvalue weighted by Crippen LogP contribution is -2.49. The molecule has 5 rings (SSSR count). The highest BCUT2D eigenvalue weighted by molar-refractivity contribution is 5.77. The van der Waals surface area contributed by atoms with Crippen molar-refractivity contribution < 1.29 is 14.3 Å². The van der Waals surface area contributed by atoms with Crippen LogP contribution in [0.3, 0.4) is 0 Å². The zero-order valence-electron chi connectivity index (χ0n) is 17.1. The van der Waals surface area contributed by atoms with Crippen LogP contribution < -0.4 is 5.56 Å². The maximum atomic E-state index is 13.2. The molecule has 0 spiro atoms. The number of aromatic nitrogens is 4. The molecule has 2 aromatic heterocycles. The first-order valence-electron chi connectivity index (χ1n) is 10.6. The molecule has 1 aliphatic carbocycles. The minimum absolute atomic E-state index is 0.112. The quantitative estimate of drug-likeness (QED) is 0.674. The van der Waals surface area contributed by atoms with Gasteiger partial charge in [-0.3, -0.25) is 14.2 Å². The third-order valence-electron chi connectivity index (χ3n) is 6.30. The van der Waals surface area contributed by atoms with E-state index in [1.807, 2.05) is 4.90 Å². The summed E-state index contributed by atoms with van der Waals surface area (Å²) in [5, 5.41) is 15.6. The summed E-state index contributed by atoms with van der Waals surface area (Å²) in [6, 6.07) is 5.77. The second kappa shape index (κ2) is 7.56. The van der Waals surface area contributed by atoms with Gasteiger partial charge in [0.05, 0.1) is 24.0 Å². The standard InChI is InChI=1S/C22H24FN5O3/c23-16-3-5-17(6-4-16)28-20-18(12-25-28)21(30)27(14-24-20)13-22(31)7-9-26(10-8-22)19(29)11-15-1-2-15/h3-6,12,14-15,31H,1-2,7-11,13H2. The Hall–Kier alpha value is -3.07. The van der Waals surface area contributed by atoms with Gasteiger partial charge in [-0.05, 0) is 55.9 Å². The molecule has 1 N–H and O–H groups in total. The summed E-state index contributed by atoms with van der Waals surface area (Å²) in [6.07, 6.45) is 6.57. The van der Waals surface area contributed by atoms with E-state index >= 15 is 0 Å². The van der Waals surface area contributed by atoms with E-state index in [-0.39, 0.29) is 23.8 Å². The van der Waals surface area contributed by atoms with E-state index in [2.05, 4.69) is 10.1 Å². The number of aliphatic hydroxyl groups is 1. The molecule has 1 saturated carbocycles.